The molecule has 0 bridgehead atoms. The summed E-state index contributed by atoms with van der Waals surface area (Å²) in [5, 5.41) is 30.3. The number of hydrogen-bond acceptors (Lipinski definition) is 4. The summed E-state index contributed by atoms with van der Waals surface area (Å²) in [5.74, 6) is -1.67. The zero-order chi connectivity index (χ0) is 16.0. The van der Waals surface area contributed by atoms with Gasteiger partial charge in [-0.25, -0.2) is 0 Å². The minimum atomic E-state index is -0.901. The van der Waals surface area contributed by atoms with E-state index in [2.05, 4.69) is 5.32 Å². The number of rotatable bonds is 7. The Hall–Kier alpha value is -2.24. The predicted octanol–water partition coefficient (Wildman–Crippen LogP) is 1.96. The molecule has 1 atom stereocenters. The van der Waals surface area contributed by atoms with E-state index < -0.39 is 11.9 Å². The molecule has 0 aliphatic carbocycles. The Labute approximate surface area is 123 Å². The molecular formula is C15H21NO5. The lowest BCUT2D eigenvalue weighted by Gasteiger charge is -2.18. The Kier molecular flexibility index (Phi) is 6.02. The number of aromatic hydroxyl groups is 2. The molecule has 0 heterocycles. The first-order chi connectivity index (χ1) is 9.79. The van der Waals surface area contributed by atoms with Gasteiger partial charge in [0, 0.05) is 19.0 Å². The SMILES string of the molecule is CC(C)C[C@H](CNC(=O)c1ccc(O)cc1O)CC(=O)O. The smallest absolute Gasteiger partial charge is 0.303 e. The van der Waals surface area contributed by atoms with Crippen molar-refractivity contribution in [3.8, 4) is 11.5 Å². The van der Waals surface area contributed by atoms with E-state index in [1.54, 1.807) is 0 Å². The van der Waals surface area contributed by atoms with Crippen LogP contribution in [-0.4, -0.2) is 33.7 Å². The molecule has 0 aromatic heterocycles. The van der Waals surface area contributed by atoms with Crippen molar-refractivity contribution in [1.82, 2.24) is 5.32 Å². The van der Waals surface area contributed by atoms with Crippen LogP contribution in [0.1, 0.15) is 37.0 Å². The van der Waals surface area contributed by atoms with Gasteiger partial charge in [0.2, 0.25) is 0 Å². The molecule has 0 radical (unpaired) electrons. The van der Waals surface area contributed by atoms with Gasteiger partial charge in [-0.05, 0) is 30.4 Å². The summed E-state index contributed by atoms with van der Waals surface area (Å²) in [5.41, 5.74) is 0.0476. The molecule has 21 heavy (non-hydrogen) atoms. The average molecular weight is 295 g/mol. The van der Waals surface area contributed by atoms with Crippen molar-refractivity contribution in [3.63, 3.8) is 0 Å². The van der Waals surface area contributed by atoms with Gasteiger partial charge in [0.25, 0.3) is 5.91 Å². The van der Waals surface area contributed by atoms with Gasteiger partial charge in [-0.3, -0.25) is 9.59 Å². The van der Waals surface area contributed by atoms with Gasteiger partial charge in [0.1, 0.15) is 11.5 Å². The molecule has 1 rings (SSSR count). The highest BCUT2D eigenvalue weighted by molar-refractivity contribution is 5.97. The second-order valence-corrected chi connectivity index (χ2v) is 5.50. The van der Waals surface area contributed by atoms with E-state index in [0.717, 1.165) is 6.07 Å². The quantitative estimate of drug-likeness (QED) is 0.615. The summed E-state index contributed by atoms with van der Waals surface area (Å²) in [7, 11) is 0. The topological polar surface area (TPSA) is 107 Å². The van der Waals surface area contributed by atoms with Crippen molar-refractivity contribution in [2.75, 3.05) is 6.54 Å². The molecule has 0 unspecified atom stereocenters. The number of aliphatic carboxylic acids is 1. The van der Waals surface area contributed by atoms with Crippen LogP contribution in [0.2, 0.25) is 0 Å². The van der Waals surface area contributed by atoms with Gasteiger partial charge >= 0.3 is 5.97 Å². The van der Waals surface area contributed by atoms with E-state index in [1.165, 1.54) is 12.1 Å². The Bertz CT molecular complexity index is 513. The molecular weight excluding hydrogens is 274 g/mol. The second kappa shape index (κ2) is 7.52. The number of hydrogen-bond donors (Lipinski definition) is 4. The number of nitrogens with one attached hydrogen (secondary N) is 1. The summed E-state index contributed by atoms with van der Waals surface area (Å²) < 4.78 is 0. The maximum atomic E-state index is 12.0. The van der Waals surface area contributed by atoms with Crippen LogP contribution < -0.4 is 5.32 Å². The third kappa shape index (κ3) is 5.72. The Morgan fingerprint density at radius 1 is 1.24 bits per heavy atom. The number of phenolic OH excluding ortho intramolecular Hbond substituents is 2. The van der Waals surface area contributed by atoms with Crippen molar-refractivity contribution >= 4 is 11.9 Å². The molecule has 0 fully saturated rings. The lowest BCUT2D eigenvalue weighted by atomic mass is 9.94. The first-order valence-electron chi connectivity index (χ1n) is 6.81. The number of benzene rings is 1. The van der Waals surface area contributed by atoms with E-state index in [-0.39, 0.29) is 35.9 Å². The van der Waals surface area contributed by atoms with Gasteiger partial charge in [-0.1, -0.05) is 13.8 Å². The largest absolute Gasteiger partial charge is 0.508 e. The zero-order valence-corrected chi connectivity index (χ0v) is 12.2. The fourth-order valence-corrected chi connectivity index (χ4v) is 2.20. The van der Waals surface area contributed by atoms with Crippen LogP contribution in [0, 0.1) is 11.8 Å². The molecule has 0 saturated heterocycles. The number of carbonyl (C=O) groups is 2. The minimum absolute atomic E-state index is 0.0139. The lowest BCUT2D eigenvalue weighted by molar-refractivity contribution is -0.138. The van der Waals surface area contributed by atoms with Gasteiger partial charge in [-0.15, -0.1) is 0 Å². The fraction of sp³-hybridized carbons (Fsp3) is 0.467. The number of carboxylic acid groups (broad SMARTS) is 1. The van der Waals surface area contributed by atoms with Gasteiger partial charge < -0.3 is 20.6 Å². The highest BCUT2D eigenvalue weighted by atomic mass is 16.4. The standard InChI is InChI=1S/C15H21NO5/c1-9(2)5-10(6-14(19)20)8-16-15(21)12-4-3-11(17)7-13(12)18/h3-4,7,9-10,17-18H,5-6,8H2,1-2H3,(H,16,21)(H,19,20)/t10-/m0/s1. The monoisotopic (exact) mass is 295 g/mol. The van der Waals surface area contributed by atoms with Crippen LogP contribution in [0.4, 0.5) is 0 Å². The highest BCUT2D eigenvalue weighted by Gasteiger charge is 2.18. The normalized spacial score (nSPS) is 12.1. The van der Waals surface area contributed by atoms with Crippen molar-refractivity contribution in [2.24, 2.45) is 11.8 Å². The highest BCUT2D eigenvalue weighted by Crippen LogP contribution is 2.22. The molecule has 1 aromatic carbocycles. The van der Waals surface area contributed by atoms with Crippen LogP contribution in [-0.2, 0) is 4.79 Å². The maximum absolute atomic E-state index is 12.0. The second-order valence-electron chi connectivity index (χ2n) is 5.50. The van der Waals surface area contributed by atoms with E-state index in [1.807, 2.05) is 13.8 Å². The number of carboxylic acids is 1. The number of carbonyl (C=O) groups excluding carboxylic acids is 1. The van der Waals surface area contributed by atoms with Crippen molar-refractivity contribution < 1.29 is 24.9 Å². The Morgan fingerprint density at radius 3 is 2.43 bits per heavy atom. The first kappa shape index (κ1) is 16.8. The average Bonchev–Trinajstić information content (AvgIpc) is 2.34. The van der Waals surface area contributed by atoms with Gasteiger partial charge in [0.05, 0.1) is 5.56 Å². The van der Waals surface area contributed by atoms with Gasteiger partial charge in [0.15, 0.2) is 0 Å². The zero-order valence-electron chi connectivity index (χ0n) is 12.2. The summed E-state index contributed by atoms with van der Waals surface area (Å²) in [4.78, 5) is 22.8. The van der Waals surface area contributed by atoms with Crippen LogP contribution >= 0.6 is 0 Å². The molecule has 6 heteroatoms. The van der Waals surface area contributed by atoms with E-state index in [0.29, 0.717) is 12.3 Å². The molecule has 0 spiro atoms. The third-order valence-electron chi connectivity index (χ3n) is 3.05. The minimum Gasteiger partial charge on any atom is -0.508 e. The van der Waals surface area contributed by atoms with Crippen LogP contribution in [0.3, 0.4) is 0 Å². The summed E-state index contributed by atoms with van der Waals surface area (Å²) >= 11 is 0. The Balaban J connectivity index is 2.65. The van der Waals surface area contributed by atoms with E-state index >= 15 is 0 Å². The lowest BCUT2D eigenvalue weighted by Crippen LogP contribution is -2.31. The van der Waals surface area contributed by atoms with Crippen molar-refractivity contribution in [1.29, 1.82) is 0 Å². The van der Waals surface area contributed by atoms with E-state index in [4.69, 9.17) is 5.11 Å². The summed E-state index contributed by atoms with van der Waals surface area (Å²) in [6.45, 7) is 4.20. The third-order valence-corrected chi connectivity index (χ3v) is 3.05. The fourth-order valence-electron chi connectivity index (χ4n) is 2.20. The van der Waals surface area contributed by atoms with Crippen LogP contribution in [0.25, 0.3) is 0 Å². The van der Waals surface area contributed by atoms with Crippen LogP contribution in [0.15, 0.2) is 18.2 Å². The first-order valence-corrected chi connectivity index (χ1v) is 6.81. The molecule has 1 amide bonds. The van der Waals surface area contributed by atoms with Crippen molar-refractivity contribution in [2.45, 2.75) is 26.7 Å². The predicted molar refractivity (Wildman–Crippen MR) is 77.3 cm³/mol. The summed E-state index contributed by atoms with van der Waals surface area (Å²) in [6, 6.07) is 3.70. The molecule has 116 valence electrons. The molecule has 0 aliphatic rings. The summed E-state index contributed by atoms with van der Waals surface area (Å²) in [6.07, 6.45) is 0.675. The number of phenols is 2. The number of amides is 1. The molecule has 6 nitrogen and oxygen atoms in total. The Morgan fingerprint density at radius 2 is 1.90 bits per heavy atom. The maximum Gasteiger partial charge on any atom is 0.303 e. The van der Waals surface area contributed by atoms with Crippen molar-refractivity contribution in [3.05, 3.63) is 23.8 Å². The molecule has 1 aromatic rings. The van der Waals surface area contributed by atoms with Gasteiger partial charge in [-0.2, -0.15) is 0 Å². The molecule has 0 aliphatic heterocycles. The molecule has 4 N–H and O–H groups in total. The van der Waals surface area contributed by atoms with E-state index in [9.17, 15) is 19.8 Å². The van der Waals surface area contributed by atoms with Crippen LogP contribution in [0.5, 0.6) is 11.5 Å². The molecule has 0 saturated carbocycles.